The average Bonchev–Trinajstić information content (AvgIpc) is 3.34. The number of nitrogens with zero attached hydrogens (tertiary/aromatic N) is 1. The molecule has 2 N–H and O–H groups in total. The standard InChI is InChI=1S/C27H29FN2O4/c28-21-7-3-6-20(16-21)19-34-26-18-24(33-15-5-14-30-12-1-2-13-30)10-11-25(26)27(32)29-22-8-4-9-23(31)17-22/h3-4,6-11,16-18,31H,1-2,5,12-15,19H2,(H,29,32). The second kappa shape index (κ2) is 11.5. The molecule has 1 heterocycles. The number of aromatic hydroxyl groups is 1. The number of likely N-dealkylation sites (tertiary alicyclic amines) is 1. The maximum Gasteiger partial charge on any atom is 0.259 e. The van der Waals surface area contributed by atoms with Crippen molar-refractivity contribution in [1.29, 1.82) is 0 Å². The van der Waals surface area contributed by atoms with Gasteiger partial charge in [0.1, 0.15) is 29.7 Å². The van der Waals surface area contributed by atoms with E-state index in [1.54, 1.807) is 42.5 Å². The van der Waals surface area contributed by atoms with E-state index in [-0.39, 0.29) is 24.1 Å². The van der Waals surface area contributed by atoms with E-state index in [1.807, 2.05) is 0 Å². The Morgan fingerprint density at radius 3 is 2.62 bits per heavy atom. The number of phenols is 1. The first-order chi connectivity index (χ1) is 16.6. The van der Waals surface area contributed by atoms with Crippen LogP contribution in [0.5, 0.6) is 17.2 Å². The lowest BCUT2D eigenvalue weighted by Gasteiger charge is -2.16. The molecule has 1 amide bonds. The van der Waals surface area contributed by atoms with Crippen LogP contribution in [0.3, 0.4) is 0 Å². The van der Waals surface area contributed by atoms with E-state index in [2.05, 4.69) is 10.2 Å². The predicted molar refractivity (Wildman–Crippen MR) is 129 cm³/mol. The lowest BCUT2D eigenvalue weighted by Crippen LogP contribution is -2.21. The van der Waals surface area contributed by atoms with E-state index in [0.29, 0.717) is 34.9 Å². The summed E-state index contributed by atoms with van der Waals surface area (Å²) in [5.74, 6) is 0.250. The van der Waals surface area contributed by atoms with Crippen molar-refractivity contribution in [3.63, 3.8) is 0 Å². The van der Waals surface area contributed by atoms with Crippen LogP contribution in [0.25, 0.3) is 0 Å². The molecule has 0 bridgehead atoms. The van der Waals surface area contributed by atoms with E-state index < -0.39 is 0 Å². The van der Waals surface area contributed by atoms with Crippen LogP contribution in [0.4, 0.5) is 10.1 Å². The minimum Gasteiger partial charge on any atom is -0.508 e. The Hall–Kier alpha value is -3.58. The van der Waals surface area contributed by atoms with Gasteiger partial charge >= 0.3 is 0 Å². The predicted octanol–water partition coefficient (Wildman–Crippen LogP) is 5.23. The van der Waals surface area contributed by atoms with E-state index in [0.717, 1.165) is 26.1 Å². The number of amides is 1. The molecule has 0 radical (unpaired) electrons. The SMILES string of the molecule is O=C(Nc1cccc(O)c1)c1ccc(OCCCN2CCCC2)cc1OCc1cccc(F)c1. The second-order valence-corrected chi connectivity index (χ2v) is 8.33. The number of ether oxygens (including phenoxy) is 2. The van der Waals surface area contributed by atoms with Crippen LogP contribution in [0.15, 0.2) is 66.7 Å². The Balaban J connectivity index is 1.45. The monoisotopic (exact) mass is 464 g/mol. The molecule has 1 saturated heterocycles. The van der Waals surface area contributed by atoms with Crippen molar-refractivity contribution >= 4 is 11.6 Å². The van der Waals surface area contributed by atoms with Gasteiger partial charge in [0.05, 0.1) is 12.2 Å². The van der Waals surface area contributed by atoms with Gasteiger partial charge in [-0.15, -0.1) is 0 Å². The van der Waals surface area contributed by atoms with Gasteiger partial charge in [-0.05, 0) is 74.3 Å². The van der Waals surface area contributed by atoms with Gasteiger partial charge in [0, 0.05) is 24.4 Å². The smallest absolute Gasteiger partial charge is 0.259 e. The molecule has 34 heavy (non-hydrogen) atoms. The van der Waals surface area contributed by atoms with E-state index in [1.165, 1.54) is 37.1 Å². The number of phenolic OH excluding ortho intramolecular Hbond substituents is 1. The molecular formula is C27H29FN2O4. The summed E-state index contributed by atoms with van der Waals surface area (Å²) in [4.78, 5) is 15.4. The molecule has 3 aromatic carbocycles. The third-order valence-electron chi connectivity index (χ3n) is 5.67. The van der Waals surface area contributed by atoms with Crippen molar-refractivity contribution in [3.05, 3.63) is 83.7 Å². The number of carbonyl (C=O) groups excluding carboxylic acids is 1. The van der Waals surface area contributed by atoms with E-state index >= 15 is 0 Å². The fraction of sp³-hybridized carbons (Fsp3) is 0.296. The van der Waals surface area contributed by atoms with Crippen LogP contribution >= 0.6 is 0 Å². The maximum absolute atomic E-state index is 13.6. The van der Waals surface area contributed by atoms with Crippen LogP contribution < -0.4 is 14.8 Å². The van der Waals surface area contributed by atoms with Crippen molar-refractivity contribution in [3.8, 4) is 17.2 Å². The van der Waals surface area contributed by atoms with Crippen molar-refractivity contribution in [2.45, 2.75) is 25.9 Å². The van der Waals surface area contributed by atoms with Crippen LogP contribution in [-0.4, -0.2) is 42.2 Å². The summed E-state index contributed by atoms with van der Waals surface area (Å²) in [6, 6.07) is 17.5. The van der Waals surface area contributed by atoms with Crippen molar-refractivity contribution in [2.24, 2.45) is 0 Å². The summed E-state index contributed by atoms with van der Waals surface area (Å²) in [7, 11) is 0. The third-order valence-corrected chi connectivity index (χ3v) is 5.67. The Bertz CT molecular complexity index is 1120. The lowest BCUT2D eigenvalue weighted by atomic mass is 10.1. The number of anilines is 1. The quantitative estimate of drug-likeness (QED) is 0.402. The number of halogens is 1. The molecule has 1 fully saturated rings. The molecule has 1 aliphatic heterocycles. The summed E-state index contributed by atoms with van der Waals surface area (Å²) in [5, 5.41) is 12.4. The topological polar surface area (TPSA) is 71.0 Å². The highest BCUT2D eigenvalue weighted by atomic mass is 19.1. The second-order valence-electron chi connectivity index (χ2n) is 8.33. The Kier molecular flexibility index (Phi) is 7.99. The molecule has 0 spiro atoms. The molecule has 0 aliphatic carbocycles. The minimum absolute atomic E-state index is 0.0538. The minimum atomic E-state index is -0.388. The number of rotatable bonds is 10. The molecule has 0 aromatic heterocycles. The molecular weight excluding hydrogens is 435 g/mol. The van der Waals surface area contributed by atoms with Crippen molar-refractivity contribution < 1.29 is 23.8 Å². The average molecular weight is 465 g/mol. The summed E-state index contributed by atoms with van der Waals surface area (Å²) in [6.07, 6.45) is 3.44. The highest BCUT2D eigenvalue weighted by Gasteiger charge is 2.16. The molecule has 1 aliphatic rings. The largest absolute Gasteiger partial charge is 0.508 e. The van der Waals surface area contributed by atoms with Crippen LogP contribution in [0.2, 0.25) is 0 Å². The molecule has 7 heteroatoms. The Morgan fingerprint density at radius 1 is 1.00 bits per heavy atom. The zero-order valence-corrected chi connectivity index (χ0v) is 19.0. The normalized spacial score (nSPS) is 13.6. The number of benzene rings is 3. The summed E-state index contributed by atoms with van der Waals surface area (Å²) < 4.78 is 25.4. The van der Waals surface area contributed by atoms with Gasteiger partial charge in [0.25, 0.3) is 5.91 Å². The zero-order valence-electron chi connectivity index (χ0n) is 19.0. The number of hydrogen-bond acceptors (Lipinski definition) is 5. The summed E-state index contributed by atoms with van der Waals surface area (Å²) in [5.41, 5.74) is 1.42. The van der Waals surface area contributed by atoms with Gasteiger partial charge in [-0.25, -0.2) is 4.39 Å². The van der Waals surface area contributed by atoms with Crippen LogP contribution in [-0.2, 0) is 6.61 Å². The molecule has 4 rings (SSSR count). The first-order valence-electron chi connectivity index (χ1n) is 11.5. The fourth-order valence-electron chi connectivity index (χ4n) is 3.95. The van der Waals surface area contributed by atoms with Crippen LogP contribution in [0.1, 0.15) is 35.2 Å². The third kappa shape index (κ3) is 6.71. The number of carbonyl (C=O) groups is 1. The molecule has 3 aromatic rings. The van der Waals surface area contributed by atoms with E-state index in [9.17, 15) is 14.3 Å². The van der Waals surface area contributed by atoms with Crippen molar-refractivity contribution in [2.75, 3.05) is 31.6 Å². The van der Waals surface area contributed by atoms with Gasteiger partial charge in [-0.1, -0.05) is 18.2 Å². The van der Waals surface area contributed by atoms with Gasteiger partial charge in [0.2, 0.25) is 0 Å². The number of nitrogens with one attached hydrogen (secondary N) is 1. The Labute approximate surface area is 198 Å². The fourth-order valence-corrected chi connectivity index (χ4v) is 3.95. The molecule has 0 atom stereocenters. The van der Waals surface area contributed by atoms with Gasteiger partial charge in [-0.2, -0.15) is 0 Å². The first kappa shape index (κ1) is 23.6. The highest BCUT2D eigenvalue weighted by Crippen LogP contribution is 2.28. The molecule has 6 nitrogen and oxygen atoms in total. The van der Waals surface area contributed by atoms with Gasteiger partial charge < -0.3 is 24.8 Å². The van der Waals surface area contributed by atoms with Crippen LogP contribution in [0, 0.1) is 5.82 Å². The van der Waals surface area contributed by atoms with Crippen molar-refractivity contribution in [1.82, 2.24) is 4.90 Å². The van der Waals surface area contributed by atoms with Gasteiger partial charge in [-0.3, -0.25) is 4.79 Å². The van der Waals surface area contributed by atoms with E-state index in [4.69, 9.17) is 9.47 Å². The lowest BCUT2D eigenvalue weighted by molar-refractivity contribution is 0.102. The summed E-state index contributed by atoms with van der Waals surface area (Å²) >= 11 is 0. The Morgan fingerprint density at radius 2 is 1.82 bits per heavy atom. The highest BCUT2D eigenvalue weighted by molar-refractivity contribution is 6.06. The maximum atomic E-state index is 13.6. The van der Waals surface area contributed by atoms with Gasteiger partial charge in [0.15, 0.2) is 0 Å². The summed E-state index contributed by atoms with van der Waals surface area (Å²) in [6.45, 7) is 3.98. The first-order valence-corrected chi connectivity index (χ1v) is 11.5. The molecule has 178 valence electrons. The number of hydrogen-bond donors (Lipinski definition) is 2. The molecule has 0 unspecified atom stereocenters. The zero-order chi connectivity index (χ0) is 23.8. The molecule has 0 saturated carbocycles.